The molecule has 3 N–H and O–H groups in total. The van der Waals surface area contributed by atoms with E-state index in [1.165, 1.54) is 18.9 Å². The number of anilines is 1. The van der Waals surface area contributed by atoms with E-state index in [1.807, 2.05) is 0 Å². The van der Waals surface area contributed by atoms with Crippen LogP contribution in [-0.2, 0) is 11.3 Å². The summed E-state index contributed by atoms with van der Waals surface area (Å²) >= 11 is 7.73. The van der Waals surface area contributed by atoms with Crippen molar-refractivity contribution in [2.24, 2.45) is 23.0 Å². The zero-order valence-electron chi connectivity index (χ0n) is 18.2. The molecular weight excluding hydrogens is 450 g/mol. The third-order valence-electron chi connectivity index (χ3n) is 7.41. The predicted molar refractivity (Wildman–Crippen MR) is 122 cm³/mol. The fourth-order valence-electron chi connectivity index (χ4n) is 5.53. The summed E-state index contributed by atoms with van der Waals surface area (Å²) in [6, 6.07) is 1.90. The Labute approximate surface area is 196 Å². The number of piperidine rings is 1. The van der Waals surface area contributed by atoms with Crippen molar-refractivity contribution in [3.8, 4) is 5.88 Å². The first kappa shape index (κ1) is 22.2. The van der Waals surface area contributed by atoms with Crippen LogP contribution in [0, 0.1) is 17.3 Å². The van der Waals surface area contributed by atoms with Crippen LogP contribution in [0.15, 0.2) is 28.4 Å². The molecule has 2 aromatic heterocycles. The number of hydrogen-bond acceptors (Lipinski definition) is 9. The first-order valence-electron chi connectivity index (χ1n) is 10.9. The van der Waals surface area contributed by atoms with Crippen molar-refractivity contribution in [3.05, 3.63) is 29.2 Å². The molecule has 4 heterocycles. The van der Waals surface area contributed by atoms with Gasteiger partial charge in [-0.2, -0.15) is 0 Å². The van der Waals surface area contributed by atoms with Crippen LogP contribution in [0.5, 0.6) is 5.88 Å². The number of pyridine rings is 1. The molecule has 2 aliphatic heterocycles. The maximum Gasteiger partial charge on any atom is 0.233 e. The smallest absolute Gasteiger partial charge is 0.233 e. The van der Waals surface area contributed by atoms with Crippen molar-refractivity contribution >= 4 is 29.2 Å². The lowest BCUT2D eigenvalue weighted by Crippen LogP contribution is -2.59. The Morgan fingerprint density at radius 1 is 1.44 bits per heavy atom. The van der Waals surface area contributed by atoms with Crippen LogP contribution in [0.3, 0.4) is 0 Å². The normalized spacial score (nSPS) is 31.5. The summed E-state index contributed by atoms with van der Waals surface area (Å²) in [5, 5.41) is 11.1. The molecule has 8 nitrogen and oxygen atoms in total. The molecule has 3 fully saturated rings. The van der Waals surface area contributed by atoms with Gasteiger partial charge in [0.15, 0.2) is 5.82 Å². The van der Waals surface area contributed by atoms with Crippen LogP contribution < -0.4 is 15.4 Å². The number of aliphatic hydroxyl groups is 1. The second kappa shape index (κ2) is 8.61. The SMILES string of the molecule is COc1nccc(Sc2cnc(N3CCC45CO[C@H](C4)[C@@H](C)[C@H](N)C5C3)c(CO)n2)c1Cl. The molecule has 2 bridgehead atoms. The molecule has 0 radical (unpaired) electrons. The second-order valence-corrected chi connectivity index (χ2v) is 10.5. The van der Waals surface area contributed by atoms with Crippen LogP contribution in [0.4, 0.5) is 5.82 Å². The summed E-state index contributed by atoms with van der Waals surface area (Å²) in [4.78, 5) is 16.5. The Hall–Kier alpha value is -1.65. The third-order valence-corrected chi connectivity index (χ3v) is 8.86. The Kier molecular flexibility index (Phi) is 5.96. The Morgan fingerprint density at radius 2 is 2.28 bits per heavy atom. The van der Waals surface area contributed by atoms with Crippen molar-refractivity contribution in [3.63, 3.8) is 0 Å². The van der Waals surface area contributed by atoms with Gasteiger partial charge in [-0.25, -0.2) is 15.0 Å². The van der Waals surface area contributed by atoms with Crippen LogP contribution in [0.1, 0.15) is 25.5 Å². The number of aliphatic hydroxyl groups excluding tert-OH is 1. The van der Waals surface area contributed by atoms with Gasteiger partial charge < -0.3 is 25.2 Å². The van der Waals surface area contributed by atoms with E-state index in [2.05, 4.69) is 21.8 Å². The van der Waals surface area contributed by atoms with Crippen molar-refractivity contribution in [2.45, 2.75) is 48.4 Å². The molecule has 5 atom stereocenters. The number of halogens is 1. The van der Waals surface area contributed by atoms with Crippen LogP contribution in [-0.4, -0.2) is 59.0 Å². The standard InChI is InChI=1S/C22H28ClN5O3S/c1-12-15-7-22(11-31-15)4-6-28(9-13(22)19(12)24)20-14(10-29)27-17(8-26-20)32-16-3-5-25-21(30-2)18(16)23/h3,5,8,12-13,15,19,29H,4,6-7,9-11,24H2,1-2H3/t12-,13?,15-,19+,22?/m1/s1. The topological polar surface area (TPSA) is 107 Å². The number of fused-ring (bicyclic) bond motifs is 1. The molecular formula is C22H28ClN5O3S. The Bertz CT molecular complexity index is 1010. The molecule has 10 heteroatoms. The Balaban J connectivity index is 1.38. The van der Waals surface area contributed by atoms with Gasteiger partial charge in [-0.3, -0.25) is 0 Å². The molecule has 1 saturated carbocycles. The zero-order valence-corrected chi connectivity index (χ0v) is 19.8. The molecule has 3 aliphatic rings. The van der Waals surface area contributed by atoms with Crippen LogP contribution in [0.25, 0.3) is 0 Å². The zero-order chi connectivity index (χ0) is 22.5. The van der Waals surface area contributed by atoms with E-state index in [9.17, 15) is 5.11 Å². The van der Waals surface area contributed by atoms with E-state index in [0.717, 1.165) is 43.3 Å². The molecule has 1 aliphatic carbocycles. The van der Waals surface area contributed by atoms with E-state index in [4.69, 9.17) is 31.8 Å². The summed E-state index contributed by atoms with van der Waals surface area (Å²) in [5.41, 5.74) is 7.41. The van der Waals surface area contributed by atoms with Gasteiger partial charge in [0.2, 0.25) is 5.88 Å². The lowest BCUT2D eigenvalue weighted by molar-refractivity contribution is 0.0498. The number of methoxy groups -OCH3 is 1. The lowest BCUT2D eigenvalue weighted by Gasteiger charge is -2.51. The van der Waals surface area contributed by atoms with Gasteiger partial charge in [0.1, 0.15) is 15.7 Å². The number of rotatable bonds is 5. The van der Waals surface area contributed by atoms with Gasteiger partial charge in [0, 0.05) is 35.6 Å². The summed E-state index contributed by atoms with van der Waals surface area (Å²) in [7, 11) is 1.53. The van der Waals surface area contributed by atoms with Crippen LogP contribution in [0.2, 0.25) is 5.02 Å². The minimum atomic E-state index is -0.190. The summed E-state index contributed by atoms with van der Waals surface area (Å²) in [6.07, 6.45) is 5.77. The van der Waals surface area contributed by atoms with Gasteiger partial charge in [-0.05, 0) is 30.7 Å². The predicted octanol–water partition coefficient (Wildman–Crippen LogP) is 2.76. The van der Waals surface area contributed by atoms with Crippen LogP contribution >= 0.6 is 23.4 Å². The number of hydrogen-bond donors (Lipinski definition) is 2. The quantitative estimate of drug-likeness (QED) is 0.672. The van der Waals surface area contributed by atoms with E-state index >= 15 is 0 Å². The fourth-order valence-corrected chi connectivity index (χ4v) is 6.62. The molecule has 5 rings (SSSR count). The molecule has 2 aromatic rings. The average molecular weight is 478 g/mol. The number of nitrogens with two attached hydrogens (primary N) is 1. The molecule has 172 valence electrons. The highest BCUT2D eigenvalue weighted by Crippen LogP contribution is 2.54. The molecule has 32 heavy (non-hydrogen) atoms. The molecule has 2 unspecified atom stereocenters. The second-order valence-electron chi connectivity index (χ2n) is 9.03. The van der Waals surface area contributed by atoms with E-state index < -0.39 is 0 Å². The highest BCUT2D eigenvalue weighted by Gasteiger charge is 2.57. The highest BCUT2D eigenvalue weighted by atomic mass is 35.5. The summed E-state index contributed by atoms with van der Waals surface area (Å²) in [5.74, 6) is 1.78. The number of nitrogens with zero attached hydrogens (tertiary/aromatic N) is 4. The third kappa shape index (κ3) is 3.64. The molecule has 0 aromatic carbocycles. The van der Waals surface area contributed by atoms with Gasteiger partial charge in [-0.1, -0.05) is 30.3 Å². The van der Waals surface area contributed by atoms with Gasteiger partial charge >= 0.3 is 0 Å². The minimum Gasteiger partial charge on any atom is -0.480 e. The van der Waals surface area contributed by atoms with E-state index in [-0.39, 0.29) is 24.2 Å². The van der Waals surface area contributed by atoms with Crippen molar-refractivity contribution in [1.82, 2.24) is 15.0 Å². The summed E-state index contributed by atoms with van der Waals surface area (Å²) < 4.78 is 11.3. The first-order chi connectivity index (χ1) is 15.5. The van der Waals surface area contributed by atoms with Gasteiger partial charge in [-0.15, -0.1) is 0 Å². The minimum absolute atomic E-state index is 0.100. The van der Waals surface area contributed by atoms with Crippen molar-refractivity contribution < 1.29 is 14.6 Å². The van der Waals surface area contributed by atoms with Gasteiger partial charge in [0.05, 0.1) is 32.6 Å². The van der Waals surface area contributed by atoms with E-state index in [1.54, 1.807) is 18.5 Å². The molecule has 2 saturated heterocycles. The average Bonchev–Trinajstić information content (AvgIpc) is 3.20. The van der Waals surface area contributed by atoms with Gasteiger partial charge in [0.25, 0.3) is 0 Å². The number of ether oxygens (including phenoxy) is 2. The van der Waals surface area contributed by atoms with E-state index in [0.29, 0.717) is 33.5 Å². The Morgan fingerprint density at radius 3 is 3.06 bits per heavy atom. The molecule has 0 amide bonds. The number of aromatic nitrogens is 3. The fraction of sp³-hybridized carbons (Fsp3) is 0.591. The first-order valence-corrected chi connectivity index (χ1v) is 12.1. The lowest BCUT2D eigenvalue weighted by atomic mass is 9.59. The summed E-state index contributed by atoms with van der Waals surface area (Å²) in [6.45, 7) is 4.48. The largest absolute Gasteiger partial charge is 0.480 e. The van der Waals surface area contributed by atoms with Crippen molar-refractivity contribution in [2.75, 3.05) is 31.7 Å². The maximum atomic E-state index is 10.1. The monoisotopic (exact) mass is 477 g/mol. The van der Waals surface area contributed by atoms with Crippen molar-refractivity contribution in [1.29, 1.82) is 0 Å². The maximum absolute atomic E-state index is 10.1. The molecule has 1 spiro atoms. The highest BCUT2D eigenvalue weighted by molar-refractivity contribution is 7.99.